The predicted octanol–water partition coefficient (Wildman–Crippen LogP) is 2.19. The van der Waals surface area contributed by atoms with Crippen molar-refractivity contribution in [2.24, 2.45) is 7.05 Å². The van der Waals surface area contributed by atoms with Gasteiger partial charge in [-0.2, -0.15) is 5.10 Å². The van der Waals surface area contributed by atoms with E-state index in [0.717, 1.165) is 17.0 Å². The zero-order valence-electron chi connectivity index (χ0n) is 10.7. The second kappa shape index (κ2) is 3.87. The van der Waals surface area contributed by atoms with Crippen molar-refractivity contribution in [1.82, 2.24) is 14.2 Å². The van der Waals surface area contributed by atoms with E-state index in [0.29, 0.717) is 5.52 Å². The number of fused-ring (bicyclic) bond motifs is 1. The van der Waals surface area contributed by atoms with E-state index >= 15 is 0 Å². The fourth-order valence-electron chi connectivity index (χ4n) is 1.86. The number of hydrogen-bond acceptors (Lipinski definition) is 2. The van der Waals surface area contributed by atoms with Gasteiger partial charge >= 0.3 is 0 Å². The quantitative estimate of drug-likeness (QED) is 0.794. The van der Waals surface area contributed by atoms with Crippen LogP contribution in [0, 0.1) is 0 Å². The molecule has 0 fully saturated rings. The first-order chi connectivity index (χ1) is 7.91. The third kappa shape index (κ3) is 1.79. The largest absolute Gasteiger partial charge is 0.298 e. The Bertz CT molecular complexity index is 646. The number of rotatable bonds is 2. The topological polar surface area (TPSA) is 39.3 Å². The lowest BCUT2D eigenvalue weighted by Crippen LogP contribution is -2.24. The average molecular weight is 231 g/mol. The van der Waals surface area contributed by atoms with Crippen molar-refractivity contribution in [3.63, 3.8) is 0 Å². The van der Waals surface area contributed by atoms with Gasteiger partial charge in [-0.15, -0.1) is 0 Å². The molecule has 0 aliphatic heterocycles. The molecule has 0 unspecified atom stereocenters. The summed E-state index contributed by atoms with van der Waals surface area (Å²) in [5.41, 5.74) is 2.51. The maximum absolute atomic E-state index is 12.0. The third-order valence-electron chi connectivity index (χ3n) is 2.84. The number of hydrogen-bond donors (Lipinski definition) is 0. The molecular formula is C13H17N3O. The Hall–Kier alpha value is -1.84. The maximum atomic E-state index is 12.0. The Morgan fingerprint density at radius 2 is 2.12 bits per heavy atom. The van der Waals surface area contributed by atoms with Crippen LogP contribution in [0.1, 0.15) is 38.1 Å². The van der Waals surface area contributed by atoms with Crippen LogP contribution in [-0.2, 0) is 7.05 Å². The highest BCUT2D eigenvalue weighted by Crippen LogP contribution is 2.18. The first-order valence-electron chi connectivity index (χ1n) is 5.67. The van der Waals surface area contributed by atoms with Gasteiger partial charge in [0.15, 0.2) is 0 Å². The Morgan fingerprint density at radius 3 is 2.65 bits per heavy atom. The Balaban J connectivity index is 2.89. The molecule has 4 nitrogen and oxygen atoms in total. The summed E-state index contributed by atoms with van der Waals surface area (Å²) in [6.07, 6.45) is 1.93. The number of allylic oxidation sites excluding steroid dienone is 1. The zero-order chi connectivity index (χ0) is 12.7. The van der Waals surface area contributed by atoms with Gasteiger partial charge in [0.2, 0.25) is 0 Å². The average Bonchev–Trinajstić information content (AvgIpc) is 2.67. The number of aromatic nitrogens is 3. The summed E-state index contributed by atoms with van der Waals surface area (Å²) in [5.74, 6) is 1.14. The van der Waals surface area contributed by atoms with Crippen LogP contribution in [-0.4, -0.2) is 14.2 Å². The van der Waals surface area contributed by atoms with Crippen LogP contribution in [0.5, 0.6) is 0 Å². The second-order valence-electron chi connectivity index (χ2n) is 4.71. The fraction of sp³-hybridized carbons (Fsp3) is 0.385. The van der Waals surface area contributed by atoms with Gasteiger partial charge in [-0.3, -0.25) is 9.20 Å². The smallest absolute Gasteiger partial charge is 0.290 e. The Morgan fingerprint density at radius 1 is 1.47 bits per heavy atom. The SMILES string of the molecule is C=C(C)c1cc2c(=O)n(C)nc(C(C)C)n2c1. The van der Waals surface area contributed by atoms with Crippen LogP contribution in [0.2, 0.25) is 0 Å². The molecule has 90 valence electrons. The van der Waals surface area contributed by atoms with Crippen molar-refractivity contribution in [2.75, 3.05) is 0 Å². The summed E-state index contributed by atoms with van der Waals surface area (Å²) in [6, 6.07) is 1.87. The molecule has 0 aliphatic carbocycles. The van der Waals surface area contributed by atoms with Crippen LogP contribution >= 0.6 is 0 Å². The minimum Gasteiger partial charge on any atom is -0.298 e. The lowest BCUT2D eigenvalue weighted by molar-refractivity contribution is 0.618. The molecule has 2 aromatic heterocycles. The lowest BCUT2D eigenvalue weighted by Gasteiger charge is -2.09. The van der Waals surface area contributed by atoms with Crippen molar-refractivity contribution in [3.8, 4) is 0 Å². The highest BCUT2D eigenvalue weighted by Gasteiger charge is 2.13. The molecule has 0 saturated heterocycles. The predicted molar refractivity (Wildman–Crippen MR) is 69.2 cm³/mol. The van der Waals surface area contributed by atoms with Crippen LogP contribution in [0.15, 0.2) is 23.6 Å². The summed E-state index contributed by atoms with van der Waals surface area (Å²) in [4.78, 5) is 12.0. The minimum atomic E-state index is -0.0816. The molecule has 0 spiro atoms. The van der Waals surface area contributed by atoms with E-state index in [1.54, 1.807) is 7.05 Å². The Labute approximate surface area is 100 Å². The fourth-order valence-corrected chi connectivity index (χ4v) is 1.86. The highest BCUT2D eigenvalue weighted by atomic mass is 16.1. The van der Waals surface area contributed by atoms with E-state index in [1.807, 2.05) is 23.6 Å². The van der Waals surface area contributed by atoms with E-state index in [-0.39, 0.29) is 11.5 Å². The first kappa shape index (κ1) is 11.6. The summed E-state index contributed by atoms with van der Waals surface area (Å²) in [5, 5.41) is 4.31. The molecule has 0 saturated carbocycles. The van der Waals surface area contributed by atoms with Gasteiger partial charge in [-0.25, -0.2) is 4.68 Å². The molecule has 0 radical (unpaired) electrons. The molecule has 0 aliphatic rings. The Kier molecular flexibility index (Phi) is 2.65. The summed E-state index contributed by atoms with van der Waals surface area (Å²) >= 11 is 0. The third-order valence-corrected chi connectivity index (χ3v) is 2.84. The van der Waals surface area contributed by atoms with Crippen molar-refractivity contribution in [1.29, 1.82) is 0 Å². The molecule has 0 atom stereocenters. The van der Waals surface area contributed by atoms with Gasteiger partial charge in [0.05, 0.1) is 0 Å². The van der Waals surface area contributed by atoms with Gasteiger partial charge in [0, 0.05) is 19.2 Å². The van der Waals surface area contributed by atoms with Crippen molar-refractivity contribution in [2.45, 2.75) is 26.7 Å². The van der Waals surface area contributed by atoms with Gasteiger partial charge in [-0.05, 0) is 24.1 Å². The van der Waals surface area contributed by atoms with Crippen LogP contribution < -0.4 is 5.56 Å². The molecule has 4 heteroatoms. The first-order valence-corrected chi connectivity index (χ1v) is 5.67. The van der Waals surface area contributed by atoms with Crippen LogP contribution in [0.4, 0.5) is 0 Å². The van der Waals surface area contributed by atoms with Crippen molar-refractivity contribution >= 4 is 11.1 Å². The minimum absolute atomic E-state index is 0.0816. The maximum Gasteiger partial charge on any atom is 0.290 e. The summed E-state index contributed by atoms with van der Waals surface area (Å²) in [6.45, 7) is 9.96. The molecule has 2 aromatic rings. The van der Waals surface area contributed by atoms with E-state index < -0.39 is 0 Å². The molecule has 0 amide bonds. The molecular weight excluding hydrogens is 214 g/mol. The monoisotopic (exact) mass is 231 g/mol. The van der Waals surface area contributed by atoms with Crippen LogP contribution in [0.3, 0.4) is 0 Å². The van der Waals surface area contributed by atoms with E-state index in [1.165, 1.54) is 4.68 Å². The van der Waals surface area contributed by atoms with E-state index in [4.69, 9.17) is 0 Å². The zero-order valence-corrected chi connectivity index (χ0v) is 10.7. The van der Waals surface area contributed by atoms with Crippen LogP contribution in [0.25, 0.3) is 11.1 Å². The van der Waals surface area contributed by atoms with E-state index in [2.05, 4.69) is 25.5 Å². The van der Waals surface area contributed by atoms with Crippen molar-refractivity contribution in [3.05, 3.63) is 40.6 Å². The summed E-state index contributed by atoms with van der Waals surface area (Å²) in [7, 11) is 1.68. The second-order valence-corrected chi connectivity index (χ2v) is 4.71. The van der Waals surface area contributed by atoms with Gasteiger partial charge in [0.25, 0.3) is 5.56 Å². The number of aryl methyl sites for hydroxylation is 1. The molecule has 0 bridgehead atoms. The molecule has 2 heterocycles. The molecule has 0 N–H and O–H groups in total. The van der Waals surface area contributed by atoms with Crippen molar-refractivity contribution < 1.29 is 0 Å². The standard InChI is InChI=1S/C13H17N3O/c1-8(2)10-6-11-13(17)15(5)14-12(9(3)4)16(11)7-10/h6-7,9H,1H2,2-5H3. The molecule has 2 rings (SSSR count). The normalized spacial score (nSPS) is 11.4. The lowest BCUT2D eigenvalue weighted by atomic mass is 10.2. The molecule has 17 heavy (non-hydrogen) atoms. The highest BCUT2D eigenvalue weighted by molar-refractivity contribution is 5.67. The van der Waals surface area contributed by atoms with Gasteiger partial charge in [0.1, 0.15) is 11.3 Å². The van der Waals surface area contributed by atoms with Gasteiger partial charge < -0.3 is 0 Å². The molecule has 0 aromatic carbocycles. The van der Waals surface area contributed by atoms with E-state index in [9.17, 15) is 4.79 Å². The summed E-state index contributed by atoms with van der Waals surface area (Å²) < 4.78 is 3.27. The van der Waals surface area contributed by atoms with Gasteiger partial charge in [-0.1, -0.05) is 20.4 Å². The number of nitrogens with zero attached hydrogens (tertiary/aromatic N) is 3.